The molecule has 6 heteroatoms. The van der Waals surface area contributed by atoms with E-state index >= 15 is 0 Å². The Balaban J connectivity index is 0.000000631. The predicted molar refractivity (Wildman–Crippen MR) is 149 cm³/mol. The van der Waals surface area contributed by atoms with E-state index in [1.807, 2.05) is 87.7 Å². The summed E-state index contributed by atoms with van der Waals surface area (Å²) in [5.41, 5.74) is 2.33. The van der Waals surface area contributed by atoms with Gasteiger partial charge in [0, 0.05) is 23.6 Å². The van der Waals surface area contributed by atoms with E-state index < -0.39 is 11.0 Å². The van der Waals surface area contributed by atoms with Gasteiger partial charge in [-0.3, -0.25) is 19.1 Å². The Kier molecular flexibility index (Phi) is 13.2. The fourth-order valence-electron chi connectivity index (χ4n) is 3.18. The maximum absolute atomic E-state index is 12.7. The van der Waals surface area contributed by atoms with Crippen LogP contribution in [0.4, 0.5) is 5.82 Å². The fraction of sp³-hybridized carbons (Fsp3) is 0.286. The molecule has 0 aliphatic rings. The Morgan fingerprint density at radius 1 is 1.06 bits per heavy atom. The van der Waals surface area contributed by atoms with Gasteiger partial charge >= 0.3 is 0 Å². The van der Waals surface area contributed by atoms with Gasteiger partial charge in [0.25, 0.3) is 0 Å². The van der Waals surface area contributed by atoms with Gasteiger partial charge in [0.2, 0.25) is 0 Å². The molecule has 34 heavy (non-hydrogen) atoms. The number of hydrogen-bond donors (Lipinski definition) is 1. The number of nitrogens with zero attached hydrogens (tertiary/aromatic N) is 2. The van der Waals surface area contributed by atoms with Gasteiger partial charge in [0.15, 0.2) is 5.43 Å². The summed E-state index contributed by atoms with van der Waals surface area (Å²) in [5.74, 6) is 0.532. The molecule has 0 fully saturated rings. The van der Waals surface area contributed by atoms with Crippen molar-refractivity contribution in [3.8, 4) is 5.69 Å². The van der Waals surface area contributed by atoms with E-state index in [-0.39, 0.29) is 10.7 Å². The van der Waals surface area contributed by atoms with E-state index in [9.17, 15) is 9.00 Å². The number of para-hydroxylation sites is 1. The summed E-state index contributed by atoms with van der Waals surface area (Å²) in [6.07, 6.45) is 10.3. The van der Waals surface area contributed by atoms with Crippen molar-refractivity contribution in [2.75, 3.05) is 4.72 Å². The summed E-state index contributed by atoms with van der Waals surface area (Å²) in [6.45, 7) is 16.9. The van der Waals surface area contributed by atoms with Gasteiger partial charge < -0.3 is 0 Å². The molecule has 1 N–H and O–H groups in total. The minimum Gasteiger partial charge on any atom is -0.295 e. The Hall–Kier alpha value is -3.25. The number of anilines is 1. The third-order valence-corrected chi connectivity index (χ3v) is 6.53. The molecule has 2 heterocycles. The van der Waals surface area contributed by atoms with E-state index in [0.717, 1.165) is 29.7 Å². The lowest BCUT2D eigenvalue weighted by Crippen LogP contribution is -2.23. The Morgan fingerprint density at radius 2 is 1.65 bits per heavy atom. The van der Waals surface area contributed by atoms with E-state index in [4.69, 9.17) is 0 Å². The molecule has 0 radical (unpaired) electrons. The second kappa shape index (κ2) is 15.6. The number of allylic oxidation sites excluding steroid dienone is 4. The first-order chi connectivity index (χ1) is 16.5. The summed E-state index contributed by atoms with van der Waals surface area (Å²) >= 11 is 0. The van der Waals surface area contributed by atoms with Crippen LogP contribution in [0.15, 0.2) is 90.9 Å². The lowest BCUT2D eigenvalue weighted by molar-refractivity contribution is 0.662. The molecule has 3 aromatic rings. The number of rotatable bonds is 8. The van der Waals surface area contributed by atoms with Gasteiger partial charge in [-0.15, -0.1) is 0 Å². The average molecular weight is 480 g/mol. The topological polar surface area (TPSA) is 64.0 Å². The number of hydrogen-bond acceptors (Lipinski definition) is 3. The number of benzene rings is 1. The van der Waals surface area contributed by atoms with Crippen LogP contribution in [-0.2, 0) is 11.0 Å². The lowest BCUT2D eigenvalue weighted by atomic mass is 10.2. The Morgan fingerprint density at radius 3 is 2.18 bits per heavy atom. The second-order valence-corrected chi connectivity index (χ2v) is 8.57. The lowest BCUT2D eigenvalue weighted by Gasteiger charge is -2.20. The molecule has 1 atom stereocenters. The molecule has 182 valence electrons. The largest absolute Gasteiger partial charge is 0.295 e. The first kappa shape index (κ1) is 28.8. The quantitative estimate of drug-likeness (QED) is 0.357. The van der Waals surface area contributed by atoms with Crippen LogP contribution >= 0.6 is 0 Å². The number of aromatic nitrogens is 2. The van der Waals surface area contributed by atoms with Gasteiger partial charge in [-0.2, -0.15) is 0 Å². The molecule has 2 aromatic heterocycles. The van der Waals surface area contributed by atoms with Crippen molar-refractivity contribution in [3.63, 3.8) is 0 Å². The minimum atomic E-state index is -1.27. The second-order valence-electron chi connectivity index (χ2n) is 7.10. The third-order valence-electron chi connectivity index (χ3n) is 4.85. The van der Waals surface area contributed by atoms with Crippen LogP contribution in [0.3, 0.4) is 0 Å². The van der Waals surface area contributed by atoms with Crippen molar-refractivity contribution < 1.29 is 4.21 Å². The van der Waals surface area contributed by atoms with Crippen LogP contribution in [0, 0.1) is 6.92 Å². The van der Waals surface area contributed by atoms with E-state index in [1.165, 1.54) is 6.07 Å². The zero-order chi connectivity index (χ0) is 25.5. The van der Waals surface area contributed by atoms with Crippen molar-refractivity contribution in [2.45, 2.75) is 52.7 Å². The molecule has 5 nitrogen and oxygen atoms in total. The van der Waals surface area contributed by atoms with Crippen molar-refractivity contribution in [1.82, 2.24) is 9.55 Å². The van der Waals surface area contributed by atoms with Crippen LogP contribution in [0.25, 0.3) is 16.6 Å². The highest BCUT2D eigenvalue weighted by atomic mass is 32.2. The maximum Gasteiger partial charge on any atom is 0.193 e. The van der Waals surface area contributed by atoms with E-state index in [1.54, 1.807) is 18.3 Å². The summed E-state index contributed by atoms with van der Waals surface area (Å²) in [4.78, 5) is 16.8. The molecule has 1 unspecified atom stereocenters. The van der Waals surface area contributed by atoms with Gasteiger partial charge in [-0.05, 0) is 38.0 Å². The first-order valence-electron chi connectivity index (χ1n) is 11.6. The van der Waals surface area contributed by atoms with Gasteiger partial charge in [0.05, 0.1) is 16.2 Å². The molecule has 3 rings (SSSR count). The Bertz CT molecular complexity index is 1150. The third kappa shape index (κ3) is 7.96. The molecular weight excluding hydrogens is 442 g/mol. The smallest absolute Gasteiger partial charge is 0.193 e. The van der Waals surface area contributed by atoms with Gasteiger partial charge in [-0.25, -0.2) is 4.21 Å². The SMILES string of the molecule is C=C/C=C\C=C.CC.CCC(CC)S(=O)Nc1cc(=O)c2cnc(C)cc2n1-c1ccccc1. The molecule has 1 aromatic carbocycles. The molecular formula is C28H37N3O2S. The monoisotopic (exact) mass is 479 g/mol. The van der Waals surface area contributed by atoms with Crippen LogP contribution in [0.2, 0.25) is 0 Å². The summed E-state index contributed by atoms with van der Waals surface area (Å²) in [7, 11) is -1.27. The van der Waals surface area contributed by atoms with Crippen LogP contribution < -0.4 is 10.2 Å². The van der Waals surface area contributed by atoms with Gasteiger partial charge in [0.1, 0.15) is 16.8 Å². The Labute approximate surface area is 206 Å². The molecule has 0 bridgehead atoms. The van der Waals surface area contributed by atoms with E-state index in [2.05, 4.69) is 22.9 Å². The zero-order valence-electron chi connectivity index (χ0n) is 21.0. The highest BCUT2D eigenvalue weighted by Crippen LogP contribution is 2.24. The molecule has 0 aliphatic carbocycles. The predicted octanol–water partition coefficient (Wildman–Crippen LogP) is 6.90. The van der Waals surface area contributed by atoms with Crippen molar-refractivity contribution in [1.29, 1.82) is 0 Å². The normalized spacial score (nSPS) is 11.2. The first-order valence-corrected chi connectivity index (χ1v) is 12.8. The summed E-state index contributed by atoms with van der Waals surface area (Å²) in [5, 5.41) is 0.572. The highest BCUT2D eigenvalue weighted by Gasteiger charge is 2.17. The molecule has 0 spiro atoms. The molecule has 0 aliphatic heterocycles. The van der Waals surface area contributed by atoms with Crippen molar-refractivity contribution in [2.24, 2.45) is 0 Å². The van der Waals surface area contributed by atoms with Crippen LogP contribution in [0.5, 0.6) is 0 Å². The van der Waals surface area contributed by atoms with Crippen LogP contribution in [-0.4, -0.2) is 19.0 Å². The van der Waals surface area contributed by atoms with Crippen molar-refractivity contribution >= 4 is 27.7 Å². The summed E-state index contributed by atoms with van der Waals surface area (Å²) in [6, 6.07) is 13.1. The molecule has 0 saturated heterocycles. The molecule has 0 amide bonds. The van der Waals surface area contributed by atoms with Crippen LogP contribution in [0.1, 0.15) is 46.2 Å². The van der Waals surface area contributed by atoms with Crippen molar-refractivity contribution in [3.05, 3.63) is 102 Å². The minimum absolute atomic E-state index is 0.0317. The highest BCUT2D eigenvalue weighted by molar-refractivity contribution is 7.87. The van der Waals surface area contributed by atoms with E-state index in [0.29, 0.717) is 11.2 Å². The molecule has 0 saturated carbocycles. The zero-order valence-corrected chi connectivity index (χ0v) is 21.8. The maximum atomic E-state index is 12.7. The number of pyridine rings is 2. The van der Waals surface area contributed by atoms with Gasteiger partial charge in [-0.1, -0.05) is 83.4 Å². The fourth-order valence-corrected chi connectivity index (χ4v) is 4.31. The summed E-state index contributed by atoms with van der Waals surface area (Å²) < 4.78 is 17.8. The number of fused-ring (bicyclic) bond motifs is 1. The average Bonchev–Trinajstić information content (AvgIpc) is 2.85. The number of nitrogens with one attached hydrogen (secondary N) is 1. The number of aryl methyl sites for hydroxylation is 1. The standard InChI is InChI=1S/C20H23N3O2S.C6H8.C2H6/c1-4-16(5-2)26(25)22-20-12-19(24)17-13-21-14(3)11-18(17)23(20)15-9-7-6-8-10-15;1-3-5-6-4-2;1-2/h6-13,16,22H,4-5H2,1-3H3;3-6H,1-2H2;1-2H3/b;6-5-;.